The van der Waals surface area contributed by atoms with Gasteiger partial charge in [-0.25, -0.2) is 0 Å². The fourth-order valence-corrected chi connectivity index (χ4v) is 3.03. The number of halogens is 1. The Hall–Kier alpha value is -2.01. The fraction of sp³-hybridized carbons (Fsp3) is 0.316. The SMILES string of the molecule is CCc1cc(OC)c(OC)cc1[C@H](C)NC(=O)c1cccc(Br)c1. The van der Waals surface area contributed by atoms with Gasteiger partial charge < -0.3 is 14.8 Å². The average Bonchev–Trinajstić information content (AvgIpc) is 2.60. The first-order chi connectivity index (χ1) is 11.5. The van der Waals surface area contributed by atoms with Gasteiger partial charge in [-0.1, -0.05) is 28.9 Å². The third kappa shape index (κ3) is 4.09. The van der Waals surface area contributed by atoms with E-state index in [2.05, 4.69) is 28.2 Å². The molecule has 2 rings (SSSR count). The van der Waals surface area contributed by atoms with Crippen LogP contribution in [0.25, 0.3) is 0 Å². The van der Waals surface area contributed by atoms with Crippen molar-refractivity contribution in [3.8, 4) is 11.5 Å². The summed E-state index contributed by atoms with van der Waals surface area (Å²) in [6, 6.07) is 11.1. The molecule has 0 saturated carbocycles. The Bertz CT molecular complexity index is 731. The minimum absolute atomic E-state index is 0.111. The van der Waals surface area contributed by atoms with Gasteiger partial charge in [-0.15, -0.1) is 0 Å². The second kappa shape index (κ2) is 8.20. The topological polar surface area (TPSA) is 47.6 Å². The van der Waals surface area contributed by atoms with Gasteiger partial charge in [0.1, 0.15) is 0 Å². The van der Waals surface area contributed by atoms with Crippen LogP contribution in [-0.2, 0) is 6.42 Å². The highest BCUT2D eigenvalue weighted by atomic mass is 79.9. The Morgan fingerprint density at radius 3 is 2.42 bits per heavy atom. The van der Waals surface area contributed by atoms with E-state index in [9.17, 15) is 4.79 Å². The molecular weight excluding hydrogens is 370 g/mol. The lowest BCUT2D eigenvalue weighted by atomic mass is 9.98. The minimum atomic E-state index is -0.147. The largest absolute Gasteiger partial charge is 0.493 e. The van der Waals surface area contributed by atoms with Crippen molar-refractivity contribution in [3.63, 3.8) is 0 Å². The van der Waals surface area contributed by atoms with E-state index in [0.29, 0.717) is 17.1 Å². The number of carbonyl (C=O) groups is 1. The molecule has 128 valence electrons. The van der Waals surface area contributed by atoms with E-state index in [1.54, 1.807) is 26.4 Å². The monoisotopic (exact) mass is 391 g/mol. The van der Waals surface area contributed by atoms with E-state index in [1.165, 1.54) is 0 Å². The molecule has 1 amide bonds. The molecule has 0 fully saturated rings. The molecule has 0 aliphatic carbocycles. The third-order valence-corrected chi connectivity index (χ3v) is 4.42. The lowest BCUT2D eigenvalue weighted by Crippen LogP contribution is -2.27. The molecule has 24 heavy (non-hydrogen) atoms. The van der Waals surface area contributed by atoms with Crippen LogP contribution in [0.2, 0.25) is 0 Å². The average molecular weight is 392 g/mol. The first kappa shape index (κ1) is 18.3. The summed E-state index contributed by atoms with van der Waals surface area (Å²) in [5.41, 5.74) is 2.77. The minimum Gasteiger partial charge on any atom is -0.493 e. The number of hydrogen-bond donors (Lipinski definition) is 1. The number of amides is 1. The number of ether oxygens (including phenoxy) is 2. The van der Waals surface area contributed by atoms with Crippen LogP contribution in [0.1, 0.15) is 41.4 Å². The molecule has 0 unspecified atom stereocenters. The van der Waals surface area contributed by atoms with Gasteiger partial charge in [0.15, 0.2) is 11.5 Å². The highest BCUT2D eigenvalue weighted by Gasteiger charge is 2.17. The predicted octanol–water partition coefficient (Wildman–Crippen LogP) is 4.52. The number of hydrogen-bond acceptors (Lipinski definition) is 3. The number of aryl methyl sites for hydroxylation is 1. The molecule has 0 spiro atoms. The molecule has 0 heterocycles. The van der Waals surface area contributed by atoms with E-state index in [-0.39, 0.29) is 11.9 Å². The summed E-state index contributed by atoms with van der Waals surface area (Å²) in [4.78, 5) is 12.5. The van der Waals surface area contributed by atoms with Crippen molar-refractivity contribution in [3.05, 3.63) is 57.6 Å². The van der Waals surface area contributed by atoms with E-state index in [1.807, 2.05) is 31.2 Å². The fourth-order valence-electron chi connectivity index (χ4n) is 2.63. The number of nitrogens with one attached hydrogen (secondary N) is 1. The van der Waals surface area contributed by atoms with Crippen molar-refractivity contribution >= 4 is 21.8 Å². The summed E-state index contributed by atoms with van der Waals surface area (Å²) in [7, 11) is 3.23. The molecule has 5 heteroatoms. The summed E-state index contributed by atoms with van der Waals surface area (Å²) in [6.07, 6.45) is 0.840. The van der Waals surface area contributed by atoms with Gasteiger partial charge in [-0.05, 0) is 54.8 Å². The maximum atomic E-state index is 12.5. The second-order valence-electron chi connectivity index (χ2n) is 5.47. The smallest absolute Gasteiger partial charge is 0.251 e. The summed E-state index contributed by atoms with van der Waals surface area (Å²) >= 11 is 3.39. The number of benzene rings is 2. The number of rotatable bonds is 6. The maximum absolute atomic E-state index is 12.5. The van der Waals surface area contributed by atoms with Crippen LogP contribution in [0, 0.1) is 0 Å². The first-order valence-electron chi connectivity index (χ1n) is 7.81. The zero-order valence-electron chi connectivity index (χ0n) is 14.4. The summed E-state index contributed by atoms with van der Waals surface area (Å²) in [5, 5.41) is 3.05. The van der Waals surface area contributed by atoms with Crippen LogP contribution in [0.4, 0.5) is 0 Å². The van der Waals surface area contributed by atoms with Crippen LogP contribution in [0.5, 0.6) is 11.5 Å². The van der Waals surface area contributed by atoms with Crippen molar-refractivity contribution in [1.82, 2.24) is 5.32 Å². The Morgan fingerprint density at radius 2 is 1.83 bits per heavy atom. The highest BCUT2D eigenvalue weighted by Crippen LogP contribution is 2.33. The van der Waals surface area contributed by atoms with E-state index in [4.69, 9.17) is 9.47 Å². The van der Waals surface area contributed by atoms with E-state index >= 15 is 0 Å². The van der Waals surface area contributed by atoms with Gasteiger partial charge >= 0.3 is 0 Å². The van der Waals surface area contributed by atoms with Gasteiger partial charge in [-0.3, -0.25) is 4.79 Å². The summed E-state index contributed by atoms with van der Waals surface area (Å²) < 4.78 is 11.6. The molecule has 2 aromatic carbocycles. The van der Waals surface area contributed by atoms with Gasteiger partial charge in [0.2, 0.25) is 0 Å². The molecular formula is C19H22BrNO3. The third-order valence-electron chi connectivity index (χ3n) is 3.93. The van der Waals surface area contributed by atoms with Crippen molar-refractivity contribution in [2.45, 2.75) is 26.3 Å². The van der Waals surface area contributed by atoms with Gasteiger partial charge in [0.25, 0.3) is 5.91 Å². The molecule has 0 radical (unpaired) electrons. The highest BCUT2D eigenvalue weighted by molar-refractivity contribution is 9.10. The summed E-state index contributed by atoms with van der Waals surface area (Å²) in [5.74, 6) is 1.25. The molecule has 0 aromatic heterocycles. The Morgan fingerprint density at radius 1 is 1.17 bits per heavy atom. The molecule has 0 bridgehead atoms. The lowest BCUT2D eigenvalue weighted by molar-refractivity contribution is 0.0939. The zero-order chi connectivity index (χ0) is 17.7. The first-order valence-corrected chi connectivity index (χ1v) is 8.60. The molecule has 4 nitrogen and oxygen atoms in total. The number of methoxy groups -OCH3 is 2. The van der Waals surface area contributed by atoms with Crippen LogP contribution in [0.15, 0.2) is 40.9 Å². The maximum Gasteiger partial charge on any atom is 0.251 e. The Balaban J connectivity index is 2.28. The second-order valence-corrected chi connectivity index (χ2v) is 6.38. The lowest BCUT2D eigenvalue weighted by Gasteiger charge is -2.20. The molecule has 1 atom stereocenters. The van der Waals surface area contributed by atoms with Crippen LogP contribution in [0.3, 0.4) is 0 Å². The van der Waals surface area contributed by atoms with Crippen molar-refractivity contribution in [2.24, 2.45) is 0 Å². The Labute approximate surface area is 151 Å². The quantitative estimate of drug-likeness (QED) is 0.787. The molecule has 0 aliphatic heterocycles. The van der Waals surface area contributed by atoms with Crippen LogP contribution in [-0.4, -0.2) is 20.1 Å². The Kier molecular flexibility index (Phi) is 6.26. The van der Waals surface area contributed by atoms with Crippen molar-refractivity contribution < 1.29 is 14.3 Å². The standard InChI is InChI=1S/C19H22BrNO3/c1-5-13-10-17(23-3)18(24-4)11-16(13)12(2)21-19(22)14-7-6-8-15(20)9-14/h6-12H,5H2,1-4H3,(H,21,22)/t12-/m0/s1. The van der Waals surface area contributed by atoms with E-state index in [0.717, 1.165) is 22.0 Å². The van der Waals surface area contributed by atoms with Crippen LogP contribution >= 0.6 is 15.9 Å². The predicted molar refractivity (Wildman–Crippen MR) is 98.9 cm³/mol. The van der Waals surface area contributed by atoms with Gasteiger partial charge in [-0.2, -0.15) is 0 Å². The normalized spacial score (nSPS) is 11.7. The van der Waals surface area contributed by atoms with Crippen molar-refractivity contribution in [1.29, 1.82) is 0 Å². The molecule has 2 aromatic rings. The molecule has 0 saturated heterocycles. The van der Waals surface area contributed by atoms with Crippen LogP contribution < -0.4 is 14.8 Å². The summed E-state index contributed by atoms with van der Waals surface area (Å²) in [6.45, 7) is 4.05. The van der Waals surface area contributed by atoms with Gasteiger partial charge in [0.05, 0.1) is 20.3 Å². The van der Waals surface area contributed by atoms with E-state index < -0.39 is 0 Å². The van der Waals surface area contributed by atoms with Crippen molar-refractivity contribution in [2.75, 3.05) is 14.2 Å². The molecule has 1 N–H and O–H groups in total. The number of carbonyl (C=O) groups excluding carboxylic acids is 1. The van der Waals surface area contributed by atoms with Gasteiger partial charge in [0, 0.05) is 10.0 Å². The molecule has 0 aliphatic rings. The zero-order valence-corrected chi connectivity index (χ0v) is 15.9.